The van der Waals surface area contributed by atoms with Crippen LogP contribution in [0.25, 0.3) is 0 Å². The fourth-order valence-corrected chi connectivity index (χ4v) is 1.36. The number of rotatable bonds is 8. The lowest BCUT2D eigenvalue weighted by atomic mass is 10.0. The molecule has 0 aliphatic heterocycles. The first kappa shape index (κ1) is 16.2. The Kier molecular flexibility index (Phi) is 8.34. The van der Waals surface area contributed by atoms with Crippen LogP contribution in [0.15, 0.2) is 0 Å². The van der Waals surface area contributed by atoms with Gasteiger partial charge in [0.2, 0.25) is 5.91 Å². The zero-order valence-corrected chi connectivity index (χ0v) is 10.8. The van der Waals surface area contributed by atoms with Crippen molar-refractivity contribution in [1.82, 2.24) is 16.0 Å². The van der Waals surface area contributed by atoms with Gasteiger partial charge < -0.3 is 21.1 Å². The number of hydrogen-bond acceptors (Lipinski definition) is 3. The molecule has 0 aliphatic carbocycles. The Balaban J connectivity index is 3.87. The fourth-order valence-electron chi connectivity index (χ4n) is 1.36. The van der Waals surface area contributed by atoms with Gasteiger partial charge in [-0.05, 0) is 13.3 Å². The van der Waals surface area contributed by atoms with Crippen LogP contribution in [-0.4, -0.2) is 42.6 Å². The van der Waals surface area contributed by atoms with Crippen molar-refractivity contribution in [2.75, 3.05) is 19.6 Å². The van der Waals surface area contributed by atoms with Crippen LogP contribution in [0.3, 0.4) is 0 Å². The molecule has 7 heteroatoms. The molecule has 3 amide bonds. The monoisotopic (exact) mass is 259 g/mol. The maximum absolute atomic E-state index is 11.3. The van der Waals surface area contributed by atoms with Gasteiger partial charge in [-0.25, -0.2) is 4.79 Å². The van der Waals surface area contributed by atoms with Crippen molar-refractivity contribution in [2.24, 2.45) is 5.92 Å². The summed E-state index contributed by atoms with van der Waals surface area (Å²) in [6, 6.07) is -0.538. The molecule has 0 saturated heterocycles. The lowest BCUT2D eigenvalue weighted by Gasteiger charge is -2.12. The molecule has 1 unspecified atom stereocenters. The average molecular weight is 259 g/mol. The highest BCUT2D eigenvalue weighted by molar-refractivity contribution is 5.84. The Bertz CT molecular complexity index is 294. The molecule has 7 nitrogen and oxygen atoms in total. The second kappa shape index (κ2) is 9.26. The number of urea groups is 1. The summed E-state index contributed by atoms with van der Waals surface area (Å²) in [5.74, 6) is -1.80. The number of aliphatic carboxylic acids is 1. The van der Waals surface area contributed by atoms with Gasteiger partial charge in [-0.1, -0.05) is 13.3 Å². The molecular weight excluding hydrogens is 238 g/mol. The summed E-state index contributed by atoms with van der Waals surface area (Å²) in [4.78, 5) is 33.2. The van der Waals surface area contributed by atoms with Crippen LogP contribution < -0.4 is 16.0 Å². The van der Waals surface area contributed by atoms with E-state index in [0.29, 0.717) is 13.0 Å². The SMILES string of the molecule is CCCC(CNC(=O)NCC(=O)NCC)C(=O)O. The van der Waals surface area contributed by atoms with E-state index in [-0.39, 0.29) is 19.0 Å². The molecule has 0 spiro atoms. The molecule has 0 radical (unpaired) electrons. The van der Waals surface area contributed by atoms with Crippen molar-refractivity contribution in [3.8, 4) is 0 Å². The maximum Gasteiger partial charge on any atom is 0.315 e. The van der Waals surface area contributed by atoms with Crippen LogP contribution in [0.1, 0.15) is 26.7 Å². The molecule has 1 atom stereocenters. The number of hydrogen-bond donors (Lipinski definition) is 4. The van der Waals surface area contributed by atoms with Crippen molar-refractivity contribution in [2.45, 2.75) is 26.7 Å². The highest BCUT2D eigenvalue weighted by Gasteiger charge is 2.17. The molecule has 0 fully saturated rings. The van der Waals surface area contributed by atoms with E-state index >= 15 is 0 Å². The predicted octanol–water partition coefficient (Wildman–Crippen LogP) is -0.0774. The van der Waals surface area contributed by atoms with Crippen molar-refractivity contribution in [3.05, 3.63) is 0 Å². The molecule has 0 aromatic carbocycles. The van der Waals surface area contributed by atoms with Crippen molar-refractivity contribution in [3.63, 3.8) is 0 Å². The molecule has 18 heavy (non-hydrogen) atoms. The molecule has 0 rings (SSSR count). The Hall–Kier alpha value is -1.79. The van der Waals surface area contributed by atoms with Gasteiger partial charge in [0.25, 0.3) is 0 Å². The lowest BCUT2D eigenvalue weighted by Crippen LogP contribution is -2.44. The third-order valence-electron chi connectivity index (χ3n) is 2.28. The Labute approximate surface area is 106 Å². The Morgan fingerprint density at radius 3 is 2.28 bits per heavy atom. The second-order valence-corrected chi connectivity index (χ2v) is 3.84. The molecule has 0 bridgehead atoms. The minimum absolute atomic E-state index is 0.0599. The summed E-state index contributed by atoms with van der Waals surface area (Å²) in [6.07, 6.45) is 1.24. The normalized spacial score (nSPS) is 11.4. The molecule has 4 N–H and O–H groups in total. The summed E-state index contributed by atoms with van der Waals surface area (Å²) in [6.45, 7) is 4.10. The van der Waals surface area contributed by atoms with Crippen molar-refractivity contribution < 1.29 is 19.5 Å². The summed E-state index contributed by atoms with van der Waals surface area (Å²) in [5.41, 5.74) is 0. The number of carboxylic acid groups (broad SMARTS) is 1. The first-order chi connectivity index (χ1) is 8.51. The first-order valence-corrected chi connectivity index (χ1v) is 6.02. The molecule has 0 aliphatic rings. The molecule has 0 aromatic rings. The largest absolute Gasteiger partial charge is 0.481 e. The van der Waals surface area contributed by atoms with Gasteiger partial charge in [0.15, 0.2) is 0 Å². The second-order valence-electron chi connectivity index (χ2n) is 3.84. The number of carboxylic acids is 1. The zero-order chi connectivity index (χ0) is 14.0. The number of amides is 3. The summed E-state index contributed by atoms with van der Waals surface area (Å²) >= 11 is 0. The van der Waals surface area contributed by atoms with E-state index < -0.39 is 17.9 Å². The minimum atomic E-state index is -0.930. The number of likely N-dealkylation sites (N-methyl/N-ethyl adjacent to an activating group) is 1. The third kappa shape index (κ3) is 7.48. The van der Waals surface area contributed by atoms with E-state index in [4.69, 9.17) is 5.11 Å². The summed E-state index contributed by atoms with van der Waals surface area (Å²) in [7, 11) is 0. The summed E-state index contributed by atoms with van der Waals surface area (Å²) < 4.78 is 0. The molecule has 0 saturated carbocycles. The number of carbonyl (C=O) groups excluding carboxylic acids is 2. The average Bonchev–Trinajstić information content (AvgIpc) is 2.31. The number of carbonyl (C=O) groups is 3. The predicted molar refractivity (Wildman–Crippen MR) is 66.1 cm³/mol. The van der Waals surface area contributed by atoms with Gasteiger partial charge in [-0.2, -0.15) is 0 Å². The molecule has 0 heterocycles. The van der Waals surface area contributed by atoms with Gasteiger partial charge in [0.05, 0.1) is 12.5 Å². The maximum atomic E-state index is 11.3. The highest BCUT2D eigenvalue weighted by Crippen LogP contribution is 2.04. The van der Waals surface area contributed by atoms with Crippen LogP contribution >= 0.6 is 0 Å². The van der Waals surface area contributed by atoms with E-state index in [9.17, 15) is 14.4 Å². The van der Waals surface area contributed by atoms with E-state index in [1.807, 2.05) is 6.92 Å². The van der Waals surface area contributed by atoms with Crippen LogP contribution in [0.4, 0.5) is 4.79 Å². The van der Waals surface area contributed by atoms with Gasteiger partial charge in [0, 0.05) is 13.1 Å². The van der Waals surface area contributed by atoms with Crippen molar-refractivity contribution >= 4 is 17.9 Å². The van der Waals surface area contributed by atoms with Crippen molar-refractivity contribution in [1.29, 1.82) is 0 Å². The highest BCUT2D eigenvalue weighted by atomic mass is 16.4. The third-order valence-corrected chi connectivity index (χ3v) is 2.28. The fraction of sp³-hybridized carbons (Fsp3) is 0.727. The van der Waals surface area contributed by atoms with Gasteiger partial charge >= 0.3 is 12.0 Å². The Morgan fingerprint density at radius 1 is 1.11 bits per heavy atom. The van der Waals surface area contributed by atoms with E-state index in [1.54, 1.807) is 6.92 Å². The first-order valence-electron chi connectivity index (χ1n) is 6.02. The van der Waals surface area contributed by atoms with E-state index in [0.717, 1.165) is 6.42 Å². The molecule has 104 valence electrons. The van der Waals surface area contributed by atoms with Gasteiger partial charge in [0.1, 0.15) is 0 Å². The smallest absolute Gasteiger partial charge is 0.315 e. The quantitative estimate of drug-likeness (QED) is 0.489. The van der Waals surface area contributed by atoms with Gasteiger partial charge in [-0.3, -0.25) is 9.59 Å². The minimum Gasteiger partial charge on any atom is -0.481 e. The Morgan fingerprint density at radius 2 is 1.78 bits per heavy atom. The number of nitrogens with one attached hydrogen (secondary N) is 3. The van der Waals surface area contributed by atoms with Crippen LogP contribution in [0.5, 0.6) is 0 Å². The topological polar surface area (TPSA) is 108 Å². The van der Waals surface area contributed by atoms with E-state index in [1.165, 1.54) is 0 Å². The van der Waals surface area contributed by atoms with Crippen LogP contribution in [0.2, 0.25) is 0 Å². The molecule has 0 aromatic heterocycles. The zero-order valence-electron chi connectivity index (χ0n) is 10.8. The van der Waals surface area contributed by atoms with Crippen LogP contribution in [0, 0.1) is 5.92 Å². The van der Waals surface area contributed by atoms with E-state index in [2.05, 4.69) is 16.0 Å². The van der Waals surface area contributed by atoms with Gasteiger partial charge in [-0.15, -0.1) is 0 Å². The molecular formula is C11H21N3O4. The lowest BCUT2D eigenvalue weighted by molar-refractivity contribution is -0.141. The standard InChI is InChI=1S/C11H21N3O4/c1-3-5-8(10(16)17)6-13-11(18)14-7-9(15)12-4-2/h8H,3-7H2,1-2H3,(H,12,15)(H,16,17)(H2,13,14,18). The summed E-state index contributed by atoms with van der Waals surface area (Å²) in [5, 5.41) is 16.2. The van der Waals surface area contributed by atoms with Crippen LogP contribution in [-0.2, 0) is 9.59 Å².